The first kappa shape index (κ1) is 21.3. The van der Waals surface area contributed by atoms with E-state index in [4.69, 9.17) is 16.3 Å². The summed E-state index contributed by atoms with van der Waals surface area (Å²) in [6.07, 6.45) is 1.43. The van der Waals surface area contributed by atoms with E-state index < -0.39 is 11.2 Å². The van der Waals surface area contributed by atoms with Crippen molar-refractivity contribution in [1.82, 2.24) is 4.57 Å². The number of nitrogens with zero attached hydrogens (tertiary/aromatic N) is 1. The number of methoxy groups -OCH3 is 1. The van der Waals surface area contributed by atoms with E-state index in [2.05, 4.69) is 5.32 Å². The molecule has 4 rings (SSSR count). The van der Waals surface area contributed by atoms with E-state index in [1.54, 1.807) is 71.3 Å². The third kappa shape index (κ3) is 4.26. The molecule has 0 aliphatic heterocycles. The summed E-state index contributed by atoms with van der Waals surface area (Å²) >= 11 is 6.11. The van der Waals surface area contributed by atoms with Crippen LogP contribution in [0, 0.1) is 0 Å². The van der Waals surface area contributed by atoms with E-state index >= 15 is 0 Å². The van der Waals surface area contributed by atoms with Crippen LogP contribution in [0.3, 0.4) is 0 Å². The average Bonchev–Trinajstić information content (AvgIpc) is 2.81. The van der Waals surface area contributed by atoms with Crippen LogP contribution in [-0.4, -0.2) is 23.4 Å². The SMILES string of the molecule is COc1ccccc1NC(=O)Cn1cc(C(=O)c2ccccc2)c(=O)c2cc(Cl)ccc21. The van der Waals surface area contributed by atoms with Gasteiger partial charge in [0.25, 0.3) is 0 Å². The summed E-state index contributed by atoms with van der Waals surface area (Å²) in [7, 11) is 1.52. The van der Waals surface area contributed by atoms with E-state index in [1.165, 1.54) is 19.4 Å². The molecule has 0 unspecified atom stereocenters. The molecule has 1 N–H and O–H groups in total. The first-order valence-corrected chi connectivity index (χ1v) is 10.2. The standard InChI is InChI=1S/C25H19ClN2O4/c1-32-22-10-6-5-9-20(22)27-23(29)15-28-14-19(24(30)16-7-3-2-4-8-16)25(31)18-13-17(26)11-12-21(18)28/h2-14H,15H2,1H3,(H,27,29). The molecule has 32 heavy (non-hydrogen) atoms. The summed E-state index contributed by atoms with van der Waals surface area (Å²) < 4.78 is 6.85. The summed E-state index contributed by atoms with van der Waals surface area (Å²) in [6.45, 7) is -0.120. The number of ether oxygens (including phenoxy) is 1. The molecule has 0 spiro atoms. The van der Waals surface area contributed by atoms with Gasteiger partial charge >= 0.3 is 0 Å². The number of fused-ring (bicyclic) bond motifs is 1. The minimum absolute atomic E-state index is 0.0314. The molecule has 0 saturated heterocycles. The van der Waals surface area contributed by atoms with Gasteiger partial charge in [0.15, 0.2) is 5.78 Å². The Morgan fingerprint density at radius 3 is 2.47 bits per heavy atom. The highest BCUT2D eigenvalue weighted by Crippen LogP contribution is 2.23. The number of aromatic nitrogens is 1. The van der Waals surface area contributed by atoms with Crippen LogP contribution >= 0.6 is 11.6 Å². The lowest BCUT2D eigenvalue weighted by Crippen LogP contribution is -2.24. The smallest absolute Gasteiger partial charge is 0.244 e. The summed E-state index contributed by atoms with van der Waals surface area (Å²) in [6, 6.07) is 20.4. The van der Waals surface area contributed by atoms with Gasteiger partial charge in [-0.1, -0.05) is 54.1 Å². The maximum absolute atomic E-state index is 13.1. The molecule has 1 heterocycles. The third-order valence-electron chi connectivity index (χ3n) is 5.02. The second-order valence-corrected chi connectivity index (χ2v) is 7.54. The van der Waals surface area contributed by atoms with E-state index in [9.17, 15) is 14.4 Å². The van der Waals surface area contributed by atoms with E-state index in [0.29, 0.717) is 27.5 Å². The van der Waals surface area contributed by atoms with Gasteiger partial charge in [-0.25, -0.2) is 0 Å². The van der Waals surface area contributed by atoms with Crippen molar-refractivity contribution in [3.8, 4) is 5.75 Å². The number of anilines is 1. The van der Waals surface area contributed by atoms with Gasteiger partial charge < -0.3 is 14.6 Å². The Labute approximate surface area is 189 Å². The predicted molar refractivity (Wildman–Crippen MR) is 125 cm³/mol. The number of ketones is 1. The molecule has 1 amide bonds. The number of para-hydroxylation sites is 2. The summed E-state index contributed by atoms with van der Waals surface area (Å²) in [5, 5.41) is 3.44. The molecule has 1 aromatic heterocycles. The maximum Gasteiger partial charge on any atom is 0.244 e. The molecule has 3 aromatic carbocycles. The lowest BCUT2D eigenvalue weighted by atomic mass is 10.0. The van der Waals surface area contributed by atoms with Crippen molar-refractivity contribution in [3.63, 3.8) is 0 Å². The van der Waals surface area contributed by atoms with Gasteiger partial charge in [0.1, 0.15) is 12.3 Å². The molecular formula is C25H19ClN2O4. The normalized spacial score (nSPS) is 10.7. The highest BCUT2D eigenvalue weighted by molar-refractivity contribution is 6.31. The quantitative estimate of drug-likeness (QED) is 0.441. The highest BCUT2D eigenvalue weighted by atomic mass is 35.5. The number of benzene rings is 3. The van der Waals surface area contributed by atoms with Crippen LogP contribution < -0.4 is 15.5 Å². The van der Waals surface area contributed by atoms with Crippen LogP contribution in [0.15, 0.2) is 83.8 Å². The van der Waals surface area contributed by atoms with Crippen molar-refractivity contribution in [1.29, 1.82) is 0 Å². The van der Waals surface area contributed by atoms with Crippen LogP contribution in [0.25, 0.3) is 10.9 Å². The summed E-state index contributed by atoms with van der Waals surface area (Å²) in [4.78, 5) is 39.0. The zero-order valence-corrected chi connectivity index (χ0v) is 17.9. The minimum atomic E-state index is -0.433. The Bertz CT molecular complexity index is 1380. The van der Waals surface area contributed by atoms with Gasteiger partial charge in [-0.3, -0.25) is 14.4 Å². The molecule has 7 heteroatoms. The first-order valence-electron chi connectivity index (χ1n) is 9.83. The fourth-order valence-electron chi connectivity index (χ4n) is 3.50. The van der Waals surface area contributed by atoms with Crippen molar-refractivity contribution in [3.05, 3.63) is 105 Å². The first-order chi connectivity index (χ1) is 15.5. The van der Waals surface area contributed by atoms with Crippen LogP contribution in [0.2, 0.25) is 5.02 Å². The fraction of sp³-hybridized carbons (Fsp3) is 0.0800. The second-order valence-electron chi connectivity index (χ2n) is 7.10. The van der Waals surface area contributed by atoms with E-state index in [0.717, 1.165) is 0 Å². The molecule has 0 bridgehead atoms. The highest BCUT2D eigenvalue weighted by Gasteiger charge is 2.18. The van der Waals surface area contributed by atoms with E-state index in [1.807, 2.05) is 0 Å². The third-order valence-corrected chi connectivity index (χ3v) is 5.25. The zero-order valence-electron chi connectivity index (χ0n) is 17.2. The van der Waals surface area contributed by atoms with E-state index in [-0.39, 0.29) is 23.4 Å². The number of amides is 1. The van der Waals surface area contributed by atoms with Crippen LogP contribution in [-0.2, 0) is 11.3 Å². The number of hydrogen-bond acceptors (Lipinski definition) is 4. The Morgan fingerprint density at radius 1 is 1.00 bits per heavy atom. The van der Waals surface area contributed by atoms with Crippen molar-refractivity contribution in [2.45, 2.75) is 6.54 Å². The van der Waals surface area contributed by atoms with Crippen molar-refractivity contribution in [2.75, 3.05) is 12.4 Å². The van der Waals surface area contributed by atoms with Gasteiger partial charge in [-0.05, 0) is 30.3 Å². The lowest BCUT2D eigenvalue weighted by molar-refractivity contribution is -0.116. The molecular weight excluding hydrogens is 428 g/mol. The molecule has 160 valence electrons. The lowest BCUT2D eigenvalue weighted by Gasteiger charge is -2.15. The molecule has 6 nitrogen and oxygen atoms in total. The number of halogens is 1. The minimum Gasteiger partial charge on any atom is -0.495 e. The van der Waals surface area contributed by atoms with Crippen LogP contribution in [0.1, 0.15) is 15.9 Å². The van der Waals surface area contributed by atoms with Gasteiger partial charge in [0, 0.05) is 22.2 Å². The Balaban J connectivity index is 1.76. The number of carbonyl (C=O) groups is 2. The monoisotopic (exact) mass is 446 g/mol. The molecule has 0 aliphatic rings. The zero-order chi connectivity index (χ0) is 22.7. The van der Waals surface area contributed by atoms with Gasteiger partial charge in [0.05, 0.1) is 23.9 Å². The summed E-state index contributed by atoms with van der Waals surface area (Å²) in [5.41, 5.74) is 0.943. The second kappa shape index (κ2) is 9.08. The number of hydrogen-bond donors (Lipinski definition) is 1. The number of rotatable bonds is 6. The molecule has 0 fully saturated rings. The van der Waals surface area contributed by atoms with Crippen LogP contribution in [0.5, 0.6) is 5.75 Å². The molecule has 0 saturated carbocycles. The maximum atomic E-state index is 13.1. The molecule has 0 atom stereocenters. The Kier molecular flexibility index (Phi) is 6.05. The Morgan fingerprint density at radius 2 is 1.72 bits per heavy atom. The van der Waals surface area contributed by atoms with Crippen molar-refractivity contribution >= 4 is 39.9 Å². The average molecular weight is 447 g/mol. The van der Waals surface area contributed by atoms with Crippen molar-refractivity contribution < 1.29 is 14.3 Å². The number of carbonyl (C=O) groups excluding carboxylic acids is 2. The van der Waals surface area contributed by atoms with Gasteiger partial charge in [-0.15, -0.1) is 0 Å². The molecule has 0 radical (unpaired) electrons. The van der Waals surface area contributed by atoms with Crippen molar-refractivity contribution in [2.24, 2.45) is 0 Å². The topological polar surface area (TPSA) is 77.4 Å². The van der Waals surface area contributed by atoms with Crippen LogP contribution in [0.4, 0.5) is 5.69 Å². The van der Waals surface area contributed by atoms with Gasteiger partial charge in [-0.2, -0.15) is 0 Å². The number of pyridine rings is 1. The molecule has 4 aromatic rings. The number of nitrogens with one attached hydrogen (secondary N) is 1. The predicted octanol–water partition coefficient (Wildman–Crippen LogP) is 4.53. The summed E-state index contributed by atoms with van der Waals surface area (Å²) in [5.74, 6) is -0.235. The molecule has 0 aliphatic carbocycles. The largest absolute Gasteiger partial charge is 0.495 e. The van der Waals surface area contributed by atoms with Gasteiger partial charge in [0.2, 0.25) is 11.3 Å². The Hall–Kier alpha value is -3.90. The fourth-order valence-corrected chi connectivity index (χ4v) is 3.67.